The van der Waals surface area contributed by atoms with E-state index >= 15 is 0 Å². The average molecular weight is 520 g/mol. The van der Waals surface area contributed by atoms with Crippen LogP contribution in [0.4, 0.5) is 0 Å². The summed E-state index contributed by atoms with van der Waals surface area (Å²) in [5.41, 5.74) is 0.305. The van der Waals surface area contributed by atoms with Crippen LogP contribution in [0.3, 0.4) is 0 Å². The van der Waals surface area contributed by atoms with E-state index in [1.54, 1.807) is 6.08 Å². The van der Waals surface area contributed by atoms with Gasteiger partial charge >= 0.3 is 17.9 Å². The van der Waals surface area contributed by atoms with Crippen molar-refractivity contribution in [1.29, 1.82) is 0 Å². The van der Waals surface area contributed by atoms with E-state index in [1.165, 1.54) is 30.5 Å². The molecular weight excluding hydrogens is 492 g/mol. The Morgan fingerprint density at radius 3 is 2.68 bits per heavy atom. The molecule has 4 rings (SSSR count). The first-order valence-corrected chi connectivity index (χ1v) is 11.7. The lowest BCUT2D eigenvalue weighted by molar-refractivity contribution is -0.339. The summed E-state index contributed by atoms with van der Waals surface area (Å²) < 4.78 is 33.3. The van der Waals surface area contributed by atoms with Crippen LogP contribution in [0, 0.1) is 11.8 Å². The number of phenolic OH excluding ortho intramolecular Hbond substituents is 1. The smallest absolute Gasteiger partial charge is 0.338 e. The van der Waals surface area contributed by atoms with Gasteiger partial charge in [0.05, 0.1) is 30.6 Å². The number of fused-ring (bicyclic) bond motifs is 1. The van der Waals surface area contributed by atoms with Gasteiger partial charge in [0.1, 0.15) is 18.0 Å². The first-order valence-electron chi connectivity index (χ1n) is 11.7. The molecule has 8 atom stereocenters. The Labute approximate surface area is 212 Å². The van der Waals surface area contributed by atoms with Crippen LogP contribution in [0.15, 0.2) is 48.8 Å². The average Bonchev–Trinajstić information content (AvgIpc) is 2.87. The molecular formula is C25H28O12. The Hall–Kier alpha value is -3.45. The molecule has 12 heteroatoms. The highest BCUT2D eigenvalue weighted by molar-refractivity contribution is 5.90. The molecule has 2 fully saturated rings. The minimum absolute atomic E-state index is 0.0229. The SMILES string of the molecule is C=C[C@H]1[C@H](O[C@@H]2O[C@H](CO)[C@@H](O)[C@H](OC(C)=O)[C@H]2OC(=O)c2cccc(O)c2)OC=C2C(=O)OCC[C@H]21. The second kappa shape index (κ2) is 11.3. The van der Waals surface area contributed by atoms with Gasteiger partial charge in [-0.1, -0.05) is 12.1 Å². The summed E-state index contributed by atoms with van der Waals surface area (Å²) in [6, 6.07) is 5.35. The fourth-order valence-electron chi connectivity index (χ4n) is 4.58. The van der Waals surface area contributed by atoms with Crippen LogP contribution in [-0.2, 0) is 38.0 Å². The summed E-state index contributed by atoms with van der Waals surface area (Å²) in [6.45, 7) is 4.46. The molecule has 3 aliphatic rings. The number of cyclic esters (lactones) is 1. The molecule has 1 aromatic carbocycles. The summed E-state index contributed by atoms with van der Waals surface area (Å²) in [5, 5.41) is 30.2. The molecule has 12 nitrogen and oxygen atoms in total. The van der Waals surface area contributed by atoms with Crippen LogP contribution in [-0.4, -0.2) is 83.4 Å². The minimum Gasteiger partial charge on any atom is -0.508 e. The standard InChI is InChI=1S/C25H28O12/c1-3-15-16-7-8-32-23(31)17(16)11-33-24(15)37-25-21(36-22(30)13-5-4-6-14(28)9-13)20(34-12(2)27)19(29)18(10-26)35-25/h3-6,9,11,15-16,18-21,24-26,28-29H,1,7-8,10H2,2H3/t15-,16+,18-,19-,20+,21-,24+,25+/m1/s1. The monoisotopic (exact) mass is 520 g/mol. The lowest BCUT2D eigenvalue weighted by Gasteiger charge is -2.45. The lowest BCUT2D eigenvalue weighted by Crippen LogP contribution is -2.62. The van der Waals surface area contributed by atoms with Gasteiger partial charge < -0.3 is 43.7 Å². The van der Waals surface area contributed by atoms with Crippen molar-refractivity contribution in [3.05, 3.63) is 54.3 Å². The lowest BCUT2D eigenvalue weighted by atomic mass is 9.81. The molecule has 0 unspecified atom stereocenters. The Morgan fingerprint density at radius 2 is 2.00 bits per heavy atom. The van der Waals surface area contributed by atoms with Gasteiger partial charge in [-0.15, -0.1) is 6.58 Å². The Bertz CT molecular complexity index is 1070. The molecule has 2 saturated heterocycles. The van der Waals surface area contributed by atoms with Crippen LogP contribution in [0.2, 0.25) is 0 Å². The zero-order chi connectivity index (χ0) is 26.7. The molecule has 1 aromatic rings. The van der Waals surface area contributed by atoms with E-state index in [4.69, 9.17) is 28.4 Å². The number of hydrogen-bond donors (Lipinski definition) is 3. The number of aromatic hydroxyl groups is 1. The molecule has 0 radical (unpaired) electrons. The molecule has 0 aromatic heterocycles. The highest BCUT2D eigenvalue weighted by atomic mass is 16.8. The zero-order valence-corrected chi connectivity index (χ0v) is 19.9. The molecule has 3 aliphatic heterocycles. The fourth-order valence-corrected chi connectivity index (χ4v) is 4.58. The maximum absolute atomic E-state index is 12.9. The van der Waals surface area contributed by atoms with Crippen molar-refractivity contribution >= 4 is 17.9 Å². The Kier molecular flexibility index (Phi) is 8.13. The van der Waals surface area contributed by atoms with Gasteiger partial charge in [-0.3, -0.25) is 4.79 Å². The zero-order valence-electron chi connectivity index (χ0n) is 19.9. The predicted molar refractivity (Wildman–Crippen MR) is 121 cm³/mol. The van der Waals surface area contributed by atoms with Gasteiger partial charge in [0.25, 0.3) is 0 Å². The normalized spacial score (nSPS) is 33.2. The molecule has 200 valence electrons. The number of esters is 3. The van der Waals surface area contributed by atoms with Crippen molar-refractivity contribution in [2.75, 3.05) is 13.2 Å². The number of hydrogen-bond acceptors (Lipinski definition) is 12. The van der Waals surface area contributed by atoms with Gasteiger partial charge in [0.2, 0.25) is 12.6 Å². The quantitative estimate of drug-likeness (QED) is 0.260. The number of benzene rings is 1. The maximum Gasteiger partial charge on any atom is 0.338 e. The number of aliphatic hydroxyl groups is 2. The molecule has 0 amide bonds. The fraction of sp³-hybridized carbons (Fsp3) is 0.480. The molecule has 3 N–H and O–H groups in total. The third-order valence-electron chi connectivity index (χ3n) is 6.37. The van der Waals surface area contributed by atoms with Gasteiger partial charge in [-0.25, -0.2) is 9.59 Å². The van der Waals surface area contributed by atoms with E-state index in [0.29, 0.717) is 12.0 Å². The second-order valence-corrected chi connectivity index (χ2v) is 8.77. The summed E-state index contributed by atoms with van der Waals surface area (Å²) in [6.07, 6.45) is -5.09. The topological polar surface area (TPSA) is 167 Å². The number of carbonyl (C=O) groups is 3. The molecule has 3 heterocycles. The number of aliphatic hydroxyl groups excluding tert-OH is 2. The molecule has 37 heavy (non-hydrogen) atoms. The number of carbonyl (C=O) groups excluding carboxylic acids is 3. The van der Waals surface area contributed by atoms with Crippen molar-refractivity contribution in [1.82, 2.24) is 0 Å². The third kappa shape index (κ3) is 5.62. The number of phenols is 1. The largest absolute Gasteiger partial charge is 0.508 e. The van der Waals surface area contributed by atoms with E-state index in [1.807, 2.05) is 0 Å². The number of ether oxygens (including phenoxy) is 6. The van der Waals surface area contributed by atoms with Gasteiger partial charge in [-0.2, -0.15) is 0 Å². The van der Waals surface area contributed by atoms with Crippen LogP contribution < -0.4 is 0 Å². The molecule has 0 aliphatic carbocycles. The predicted octanol–water partition coefficient (Wildman–Crippen LogP) is 0.549. The number of rotatable bonds is 7. The molecule has 0 spiro atoms. The van der Waals surface area contributed by atoms with Crippen LogP contribution in [0.25, 0.3) is 0 Å². The summed E-state index contributed by atoms with van der Waals surface area (Å²) in [7, 11) is 0. The van der Waals surface area contributed by atoms with E-state index in [9.17, 15) is 29.7 Å². The van der Waals surface area contributed by atoms with Crippen molar-refractivity contribution in [2.45, 2.75) is 50.3 Å². The van der Waals surface area contributed by atoms with Gasteiger partial charge in [0, 0.05) is 18.8 Å². The van der Waals surface area contributed by atoms with Crippen molar-refractivity contribution in [2.24, 2.45) is 11.8 Å². The van der Waals surface area contributed by atoms with Crippen molar-refractivity contribution in [3.8, 4) is 5.75 Å². The maximum atomic E-state index is 12.9. The Morgan fingerprint density at radius 1 is 1.22 bits per heavy atom. The highest BCUT2D eigenvalue weighted by Gasteiger charge is 2.52. The second-order valence-electron chi connectivity index (χ2n) is 8.77. The first-order chi connectivity index (χ1) is 17.7. The third-order valence-corrected chi connectivity index (χ3v) is 6.37. The van der Waals surface area contributed by atoms with E-state index < -0.39 is 67.4 Å². The summed E-state index contributed by atoms with van der Waals surface area (Å²) >= 11 is 0. The van der Waals surface area contributed by atoms with E-state index in [0.717, 1.165) is 6.92 Å². The highest BCUT2D eigenvalue weighted by Crippen LogP contribution is 2.39. The summed E-state index contributed by atoms with van der Waals surface area (Å²) in [5.74, 6) is -3.26. The van der Waals surface area contributed by atoms with Gasteiger partial charge in [-0.05, 0) is 24.6 Å². The molecule has 0 bridgehead atoms. The van der Waals surface area contributed by atoms with E-state index in [2.05, 4.69) is 6.58 Å². The van der Waals surface area contributed by atoms with Crippen LogP contribution >= 0.6 is 0 Å². The van der Waals surface area contributed by atoms with Crippen LogP contribution in [0.1, 0.15) is 23.7 Å². The van der Waals surface area contributed by atoms with Crippen LogP contribution in [0.5, 0.6) is 5.75 Å². The first kappa shape index (κ1) is 26.6. The van der Waals surface area contributed by atoms with Crippen molar-refractivity contribution in [3.63, 3.8) is 0 Å². The minimum atomic E-state index is -1.57. The summed E-state index contributed by atoms with van der Waals surface area (Å²) in [4.78, 5) is 36.9. The molecule has 0 saturated carbocycles. The Balaban J connectivity index is 1.64. The van der Waals surface area contributed by atoms with E-state index in [-0.39, 0.29) is 23.8 Å². The van der Waals surface area contributed by atoms with Crippen molar-refractivity contribution < 1.29 is 58.1 Å². The van der Waals surface area contributed by atoms with Gasteiger partial charge in [0.15, 0.2) is 12.2 Å².